The molecule has 0 unspecified atom stereocenters. The maximum atomic E-state index is 11.6. The van der Waals surface area contributed by atoms with Crippen LogP contribution in [-0.2, 0) is 19.1 Å². The summed E-state index contributed by atoms with van der Waals surface area (Å²) in [4.78, 5) is 23.2. The van der Waals surface area contributed by atoms with Gasteiger partial charge >= 0.3 is 11.9 Å². The highest BCUT2D eigenvalue weighted by molar-refractivity contribution is 6.09. The van der Waals surface area contributed by atoms with Crippen LogP contribution >= 0.6 is 0 Å². The summed E-state index contributed by atoms with van der Waals surface area (Å²) >= 11 is 0. The molecular weight excluding hydrogens is 228 g/mol. The third-order valence-corrected chi connectivity index (χ3v) is 2.42. The number of rotatable bonds is 2. The Morgan fingerprint density at radius 1 is 1.24 bits per heavy atom. The van der Waals surface area contributed by atoms with E-state index >= 15 is 0 Å². The maximum Gasteiger partial charge on any atom is 0.350 e. The Labute approximate surface area is 96.4 Å². The minimum absolute atomic E-state index is 0.860. The van der Waals surface area contributed by atoms with Crippen LogP contribution in [0.4, 0.5) is 0 Å². The molecule has 88 valence electrons. The quantitative estimate of drug-likeness (QED) is 0.590. The molecule has 8 nitrogen and oxygen atoms in total. The summed E-state index contributed by atoms with van der Waals surface area (Å²) in [5, 5.41) is 21.6. The van der Waals surface area contributed by atoms with Crippen molar-refractivity contribution in [2.24, 2.45) is 10.5 Å². The highest BCUT2D eigenvalue weighted by atomic mass is 16.5. The van der Waals surface area contributed by atoms with Crippen LogP contribution in [0.5, 0.6) is 0 Å². The molecular formula is C9H8N4O4. The van der Waals surface area contributed by atoms with Crippen LogP contribution in [0, 0.1) is 28.1 Å². The van der Waals surface area contributed by atoms with Gasteiger partial charge in [-0.2, -0.15) is 15.6 Å². The number of nitrogens with one attached hydrogen (secondary N) is 1. The molecule has 0 amide bonds. The van der Waals surface area contributed by atoms with Crippen molar-refractivity contribution in [2.75, 3.05) is 14.2 Å². The number of carbonyl (C=O) groups excluding carboxylic acids is 2. The van der Waals surface area contributed by atoms with Crippen molar-refractivity contribution in [1.29, 1.82) is 10.5 Å². The normalized spacial score (nSPS) is 29.6. The number of ether oxygens (including phenoxy) is 2. The molecule has 0 saturated heterocycles. The van der Waals surface area contributed by atoms with Gasteiger partial charge in [-0.3, -0.25) is 5.43 Å². The minimum atomic E-state index is -2.23. The first-order valence-electron chi connectivity index (χ1n) is 4.35. The van der Waals surface area contributed by atoms with Gasteiger partial charge in [0.25, 0.3) is 5.54 Å². The lowest BCUT2D eigenvalue weighted by Gasteiger charge is -2.28. The first-order chi connectivity index (χ1) is 8.04. The zero-order valence-electron chi connectivity index (χ0n) is 9.05. The third-order valence-electron chi connectivity index (χ3n) is 2.42. The number of hydrogen-bond donors (Lipinski definition) is 1. The Morgan fingerprint density at radius 3 is 2.24 bits per heavy atom. The van der Waals surface area contributed by atoms with Gasteiger partial charge in [-0.25, -0.2) is 9.59 Å². The SMILES string of the molecule is COC(=O)[C@]1(C#N)C=NN[C@@]1(C#N)C(=O)OC. The molecule has 8 heteroatoms. The molecule has 1 heterocycles. The fourth-order valence-corrected chi connectivity index (χ4v) is 1.45. The van der Waals surface area contributed by atoms with Crippen molar-refractivity contribution in [2.45, 2.75) is 5.54 Å². The number of nitrogens with zero attached hydrogens (tertiary/aromatic N) is 3. The van der Waals surface area contributed by atoms with Crippen LogP contribution in [-0.4, -0.2) is 37.9 Å². The van der Waals surface area contributed by atoms with Gasteiger partial charge in [0, 0.05) is 0 Å². The van der Waals surface area contributed by atoms with E-state index in [2.05, 4.69) is 20.0 Å². The molecule has 0 aromatic heterocycles. The van der Waals surface area contributed by atoms with Crippen molar-refractivity contribution in [3.8, 4) is 12.1 Å². The van der Waals surface area contributed by atoms with Gasteiger partial charge in [-0.05, 0) is 0 Å². The molecule has 0 saturated carbocycles. The average molecular weight is 236 g/mol. The predicted molar refractivity (Wildman–Crippen MR) is 52.0 cm³/mol. The first-order valence-corrected chi connectivity index (χ1v) is 4.35. The van der Waals surface area contributed by atoms with E-state index in [-0.39, 0.29) is 0 Å². The van der Waals surface area contributed by atoms with Crippen molar-refractivity contribution in [3.05, 3.63) is 0 Å². The Bertz CT molecular complexity index is 474. The molecule has 0 bridgehead atoms. The van der Waals surface area contributed by atoms with Gasteiger partial charge in [0.1, 0.15) is 6.07 Å². The molecule has 1 aliphatic rings. The van der Waals surface area contributed by atoms with E-state index in [0.29, 0.717) is 0 Å². The van der Waals surface area contributed by atoms with Crippen molar-refractivity contribution in [3.63, 3.8) is 0 Å². The highest BCUT2D eigenvalue weighted by Gasteiger charge is 2.67. The van der Waals surface area contributed by atoms with Crippen molar-refractivity contribution < 1.29 is 19.1 Å². The lowest BCUT2D eigenvalue weighted by Crippen LogP contribution is -2.61. The van der Waals surface area contributed by atoms with Crippen LogP contribution in [0.1, 0.15) is 0 Å². The van der Waals surface area contributed by atoms with Crippen LogP contribution in [0.25, 0.3) is 0 Å². The van der Waals surface area contributed by atoms with Gasteiger partial charge in [0.05, 0.1) is 26.5 Å². The molecule has 0 aromatic carbocycles. The molecule has 1 aliphatic heterocycles. The maximum absolute atomic E-state index is 11.6. The van der Waals surface area contributed by atoms with Crippen LogP contribution in [0.15, 0.2) is 5.10 Å². The predicted octanol–water partition coefficient (Wildman–Crippen LogP) is -1.31. The molecule has 1 N–H and O–H groups in total. The summed E-state index contributed by atoms with van der Waals surface area (Å²) in [6, 6.07) is 3.13. The van der Waals surface area contributed by atoms with E-state index in [1.165, 1.54) is 0 Å². The second kappa shape index (κ2) is 4.10. The Balaban J connectivity index is 3.45. The summed E-state index contributed by atoms with van der Waals surface area (Å²) in [5.74, 6) is -2.16. The Hall–Kier alpha value is -2.61. The second-order valence-electron chi connectivity index (χ2n) is 3.13. The number of nitriles is 2. The molecule has 0 aliphatic carbocycles. The number of esters is 2. The summed E-state index contributed by atoms with van der Waals surface area (Å²) in [6.07, 6.45) is 0.860. The monoisotopic (exact) mass is 236 g/mol. The fraction of sp³-hybridized carbons (Fsp3) is 0.444. The van der Waals surface area contributed by atoms with Crippen LogP contribution < -0.4 is 5.43 Å². The van der Waals surface area contributed by atoms with Gasteiger partial charge in [-0.1, -0.05) is 0 Å². The molecule has 0 aromatic rings. The molecule has 17 heavy (non-hydrogen) atoms. The standard InChI is InChI=1S/C9H8N4O4/c1-16-6(14)8(3-10)5-12-13-9(8,4-11)7(15)17-2/h5,13H,1-2H3/t8-,9-/m0/s1. The Morgan fingerprint density at radius 2 is 1.82 bits per heavy atom. The van der Waals surface area contributed by atoms with E-state index in [1.807, 2.05) is 0 Å². The van der Waals surface area contributed by atoms with Crippen molar-refractivity contribution >= 4 is 18.2 Å². The third kappa shape index (κ3) is 1.31. The zero-order valence-corrected chi connectivity index (χ0v) is 9.05. The van der Waals surface area contributed by atoms with Gasteiger partial charge in [0.2, 0.25) is 5.41 Å². The van der Waals surface area contributed by atoms with Gasteiger partial charge < -0.3 is 9.47 Å². The lowest BCUT2D eigenvalue weighted by molar-refractivity contribution is -0.158. The van der Waals surface area contributed by atoms with Crippen LogP contribution in [0.3, 0.4) is 0 Å². The zero-order chi connectivity index (χ0) is 13.1. The van der Waals surface area contributed by atoms with Gasteiger partial charge in [-0.15, -0.1) is 0 Å². The summed E-state index contributed by atoms with van der Waals surface area (Å²) < 4.78 is 8.85. The van der Waals surface area contributed by atoms with Crippen LogP contribution in [0.2, 0.25) is 0 Å². The lowest BCUT2D eigenvalue weighted by atomic mass is 9.73. The number of methoxy groups -OCH3 is 2. The topological polar surface area (TPSA) is 125 Å². The minimum Gasteiger partial charge on any atom is -0.467 e. The van der Waals surface area contributed by atoms with E-state index in [9.17, 15) is 9.59 Å². The van der Waals surface area contributed by atoms with Gasteiger partial charge in [0.15, 0.2) is 0 Å². The molecule has 0 spiro atoms. The summed E-state index contributed by atoms with van der Waals surface area (Å²) in [7, 11) is 2.06. The van der Waals surface area contributed by atoms with Crippen molar-refractivity contribution in [1.82, 2.24) is 5.43 Å². The van der Waals surface area contributed by atoms with E-state index in [0.717, 1.165) is 20.4 Å². The number of carbonyl (C=O) groups is 2. The average Bonchev–Trinajstić information content (AvgIpc) is 2.77. The molecule has 2 atom stereocenters. The largest absolute Gasteiger partial charge is 0.467 e. The van der Waals surface area contributed by atoms with E-state index in [4.69, 9.17) is 10.5 Å². The molecule has 0 fully saturated rings. The van der Waals surface area contributed by atoms with E-state index in [1.54, 1.807) is 12.1 Å². The fourth-order valence-electron chi connectivity index (χ4n) is 1.45. The molecule has 1 rings (SSSR count). The van der Waals surface area contributed by atoms with E-state index < -0.39 is 22.9 Å². The summed E-state index contributed by atoms with van der Waals surface area (Å²) in [6.45, 7) is 0. The first kappa shape index (κ1) is 12.5. The number of hydrogen-bond acceptors (Lipinski definition) is 8. The smallest absolute Gasteiger partial charge is 0.350 e. The Kier molecular flexibility index (Phi) is 3.01. The highest BCUT2D eigenvalue weighted by Crippen LogP contribution is 2.35. The second-order valence-corrected chi connectivity index (χ2v) is 3.13. The number of hydrazone groups is 1. The molecule has 0 radical (unpaired) electrons. The summed E-state index contributed by atoms with van der Waals surface area (Å²) in [5.41, 5.74) is -2.26.